The SMILES string of the molecule is CC(C)[Si](C#CCCCCCCCCCCCCOCCOP(=O)(O)CO[C@H](C)Cn1cnc2c(N)ncnc21)(C(C)C)C(C)C. The molecular formula is C34H62N5O5PSi. The molecule has 262 valence electrons. The summed E-state index contributed by atoms with van der Waals surface area (Å²) in [5.74, 6) is 3.91. The minimum Gasteiger partial charge on any atom is -0.382 e. The summed E-state index contributed by atoms with van der Waals surface area (Å²) in [6.07, 6.45) is 15.7. The van der Waals surface area contributed by atoms with Crippen LogP contribution in [0.1, 0.15) is 119 Å². The van der Waals surface area contributed by atoms with Crippen molar-refractivity contribution in [3.8, 4) is 11.5 Å². The number of hydrogen-bond acceptors (Lipinski definition) is 8. The topological polar surface area (TPSA) is 135 Å². The molecule has 0 aliphatic rings. The van der Waals surface area contributed by atoms with E-state index in [-0.39, 0.29) is 19.3 Å². The van der Waals surface area contributed by atoms with Gasteiger partial charge in [0.2, 0.25) is 0 Å². The molecule has 2 heterocycles. The number of ether oxygens (including phenoxy) is 2. The van der Waals surface area contributed by atoms with Gasteiger partial charge < -0.3 is 29.2 Å². The van der Waals surface area contributed by atoms with E-state index in [2.05, 4.69) is 68.0 Å². The van der Waals surface area contributed by atoms with Crippen LogP contribution in [0.25, 0.3) is 11.2 Å². The maximum atomic E-state index is 12.3. The summed E-state index contributed by atoms with van der Waals surface area (Å²) in [6.45, 7) is 17.5. The molecule has 2 aromatic heterocycles. The van der Waals surface area contributed by atoms with Gasteiger partial charge in [0.05, 0.1) is 32.2 Å². The second kappa shape index (κ2) is 21.2. The van der Waals surface area contributed by atoms with Gasteiger partial charge in [-0.1, -0.05) is 92.9 Å². The predicted octanol–water partition coefficient (Wildman–Crippen LogP) is 8.50. The van der Waals surface area contributed by atoms with Crippen LogP contribution < -0.4 is 5.73 Å². The molecule has 2 rings (SSSR count). The lowest BCUT2D eigenvalue weighted by Crippen LogP contribution is -2.43. The maximum absolute atomic E-state index is 12.3. The number of nitrogens with two attached hydrogens (primary N) is 1. The van der Waals surface area contributed by atoms with Gasteiger partial charge in [-0.2, -0.15) is 0 Å². The molecule has 0 aliphatic heterocycles. The highest BCUT2D eigenvalue weighted by atomic mass is 31.2. The van der Waals surface area contributed by atoms with Crippen LogP contribution in [0.5, 0.6) is 0 Å². The van der Waals surface area contributed by atoms with Gasteiger partial charge in [0.15, 0.2) is 11.5 Å². The van der Waals surface area contributed by atoms with Crippen molar-refractivity contribution in [2.45, 2.75) is 148 Å². The van der Waals surface area contributed by atoms with Crippen LogP contribution in [0.15, 0.2) is 12.7 Å². The summed E-state index contributed by atoms with van der Waals surface area (Å²) in [4.78, 5) is 22.4. The normalized spacial score (nSPS) is 14.2. The van der Waals surface area contributed by atoms with Crippen molar-refractivity contribution in [3.63, 3.8) is 0 Å². The number of anilines is 1. The molecule has 2 atom stereocenters. The average molecular weight is 680 g/mol. The molecule has 1 unspecified atom stereocenters. The second-order valence-corrected chi connectivity index (χ2v) is 20.9. The fourth-order valence-corrected chi connectivity index (χ4v) is 12.6. The van der Waals surface area contributed by atoms with Gasteiger partial charge >= 0.3 is 7.60 Å². The van der Waals surface area contributed by atoms with E-state index in [1.165, 1.54) is 57.7 Å². The summed E-state index contributed by atoms with van der Waals surface area (Å²) >= 11 is 0. The third-order valence-corrected chi connectivity index (χ3v) is 16.3. The molecule has 0 radical (unpaired) electrons. The molecule has 10 nitrogen and oxygen atoms in total. The van der Waals surface area contributed by atoms with Crippen LogP contribution >= 0.6 is 7.60 Å². The first-order chi connectivity index (χ1) is 21.9. The average Bonchev–Trinajstić information content (AvgIpc) is 3.40. The van der Waals surface area contributed by atoms with Crippen molar-refractivity contribution in [1.82, 2.24) is 19.5 Å². The number of unbranched alkanes of at least 4 members (excludes halogenated alkanes) is 10. The van der Waals surface area contributed by atoms with Gasteiger partial charge in [-0.25, -0.2) is 15.0 Å². The van der Waals surface area contributed by atoms with Crippen LogP contribution in [0.2, 0.25) is 16.6 Å². The minimum atomic E-state index is -3.88. The molecule has 3 N–H and O–H groups in total. The highest BCUT2D eigenvalue weighted by Gasteiger charge is 2.41. The lowest BCUT2D eigenvalue weighted by atomic mass is 10.1. The molecule has 12 heteroatoms. The summed E-state index contributed by atoms with van der Waals surface area (Å²) in [5, 5.41) is 0. The monoisotopic (exact) mass is 679 g/mol. The van der Waals surface area contributed by atoms with Crippen molar-refractivity contribution in [2.24, 2.45) is 0 Å². The van der Waals surface area contributed by atoms with E-state index in [0.717, 1.165) is 19.3 Å². The molecule has 0 bridgehead atoms. The number of fused-ring (bicyclic) bond motifs is 1. The minimum absolute atomic E-state index is 0.0524. The Morgan fingerprint density at radius 2 is 1.43 bits per heavy atom. The first-order valence-electron chi connectivity index (χ1n) is 17.5. The molecule has 46 heavy (non-hydrogen) atoms. The van der Waals surface area contributed by atoms with Gasteiger partial charge in [0.25, 0.3) is 0 Å². The highest BCUT2D eigenvalue weighted by Crippen LogP contribution is 2.42. The molecule has 0 saturated heterocycles. The molecule has 2 aromatic rings. The Morgan fingerprint density at radius 1 is 0.848 bits per heavy atom. The summed E-state index contributed by atoms with van der Waals surface area (Å²) in [5.41, 5.74) is 12.9. The molecule has 0 spiro atoms. The second-order valence-electron chi connectivity index (χ2n) is 13.5. The smallest absolute Gasteiger partial charge is 0.353 e. The van der Waals surface area contributed by atoms with Gasteiger partial charge in [0, 0.05) is 13.0 Å². The van der Waals surface area contributed by atoms with Crippen LogP contribution in [-0.4, -0.2) is 64.8 Å². The van der Waals surface area contributed by atoms with Crippen molar-refractivity contribution < 1.29 is 23.5 Å². The van der Waals surface area contributed by atoms with Crippen LogP contribution in [0.4, 0.5) is 5.82 Å². The third-order valence-electron chi connectivity index (χ3n) is 8.94. The summed E-state index contributed by atoms with van der Waals surface area (Å²) in [6, 6.07) is 0. The Hall–Kier alpha value is -1.80. The van der Waals surface area contributed by atoms with Gasteiger partial charge in [-0.15, -0.1) is 11.5 Å². The number of nitrogens with zero attached hydrogens (tertiary/aromatic N) is 4. The number of imidazole rings is 1. The first-order valence-corrected chi connectivity index (χ1v) is 21.5. The van der Waals surface area contributed by atoms with Crippen molar-refractivity contribution in [3.05, 3.63) is 12.7 Å². The standard InChI is InChI=1S/C34H62N5O5PSi/c1-28(2)46(29(3)4,30(5)6)23-19-17-15-13-11-9-8-10-12-14-16-18-20-42-21-22-44-45(40,41)27-43-31(7)24-39-26-38-32-33(35)36-25-37-34(32)39/h25-26,28-31H,8-18,20-22,24,27H2,1-7H3,(H,40,41)(H2,35,36,37)/t31-/m1/s1. The fourth-order valence-electron chi connectivity index (χ4n) is 6.44. The Labute approximate surface area is 279 Å². The van der Waals surface area contributed by atoms with E-state index >= 15 is 0 Å². The zero-order chi connectivity index (χ0) is 34.0. The van der Waals surface area contributed by atoms with E-state index in [0.29, 0.717) is 46.8 Å². The van der Waals surface area contributed by atoms with Crippen LogP contribution in [-0.2, 0) is 25.1 Å². The zero-order valence-corrected chi connectivity index (χ0v) is 31.6. The molecule has 0 aliphatic carbocycles. The van der Waals surface area contributed by atoms with Gasteiger partial charge in [0.1, 0.15) is 26.3 Å². The fraction of sp³-hybridized carbons (Fsp3) is 0.794. The quantitative estimate of drug-likeness (QED) is 0.0485. The van der Waals surface area contributed by atoms with E-state index in [1.54, 1.807) is 17.8 Å². The van der Waals surface area contributed by atoms with E-state index in [1.807, 2.05) is 0 Å². The largest absolute Gasteiger partial charge is 0.382 e. The number of aromatic nitrogens is 4. The van der Waals surface area contributed by atoms with Gasteiger partial charge in [-0.3, -0.25) is 4.57 Å². The Bertz CT molecular complexity index is 1220. The Morgan fingerprint density at radius 3 is 2.04 bits per heavy atom. The number of rotatable bonds is 24. The van der Waals surface area contributed by atoms with Crippen molar-refractivity contribution in [1.29, 1.82) is 0 Å². The lowest BCUT2D eigenvalue weighted by Gasteiger charge is -2.38. The highest BCUT2D eigenvalue weighted by molar-refractivity contribution is 7.52. The maximum Gasteiger partial charge on any atom is 0.353 e. The molecule has 0 saturated carbocycles. The van der Waals surface area contributed by atoms with Gasteiger partial charge in [-0.05, 0) is 36.4 Å². The van der Waals surface area contributed by atoms with E-state index < -0.39 is 22.0 Å². The number of nitrogen functional groups attached to an aromatic ring is 1. The predicted molar refractivity (Wildman–Crippen MR) is 191 cm³/mol. The van der Waals surface area contributed by atoms with Crippen molar-refractivity contribution >= 4 is 32.7 Å². The molecule has 0 aromatic carbocycles. The van der Waals surface area contributed by atoms with Crippen molar-refractivity contribution in [2.75, 3.05) is 31.9 Å². The molecule has 0 amide bonds. The Balaban J connectivity index is 1.41. The third kappa shape index (κ3) is 13.7. The van der Waals surface area contributed by atoms with E-state index in [4.69, 9.17) is 19.7 Å². The lowest BCUT2D eigenvalue weighted by molar-refractivity contribution is 0.0610. The molecule has 0 fully saturated rings. The van der Waals surface area contributed by atoms with Crippen LogP contribution in [0.3, 0.4) is 0 Å². The summed E-state index contributed by atoms with van der Waals surface area (Å²) < 4.78 is 30.4. The summed E-state index contributed by atoms with van der Waals surface area (Å²) in [7, 11) is -5.45. The first kappa shape index (κ1) is 40.4. The number of hydrogen-bond donors (Lipinski definition) is 2. The molecular weight excluding hydrogens is 617 g/mol. The Kier molecular flexibility index (Phi) is 18.6. The zero-order valence-electron chi connectivity index (χ0n) is 29.7. The van der Waals surface area contributed by atoms with E-state index in [9.17, 15) is 9.46 Å². The van der Waals surface area contributed by atoms with Crippen LogP contribution in [0, 0.1) is 11.5 Å².